The van der Waals surface area contributed by atoms with Crippen molar-refractivity contribution in [1.82, 2.24) is 14.9 Å². The van der Waals surface area contributed by atoms with E-state index in [2.05, 4.69) is 31.6 Å². The Morgan fingerprint density at radius 2 is 1.88 bits per heavy atom. The van der Waals surface area contributed by atoms with Gasteiger partial charge in [0.15, 0.2) is 11.5 Å². The molecule has 0 fully saturated rings. The zero-order chi connectivity index (χ0) is 16.8. The van der Waals surface area contributed by atoms with Crippen LogP contribution in [0.3, 0.4) is 0 Å². The van der Waals surface area contributed by atoms with Crippen LogP contribution in [0.2, 0.25) is 0 Å². The highest BCUT2D eigenvalue weighted by molar-refractivity contribution is 9.10. The molecule has 0 saturated heterocycles. The van der Waals surface area contributed by atoms with Crippen LogP contribution >= 0.6 is 15.9 Å². The van der Waals surface area contributed by atoms with Crippen molar-refractivity contribution in [2.45, 2.75) is 13.2 Å². The topological polar surface area (TPSA) is 61.2 Å². The molecule has 0 amide bonds. The van der Waals surface area contributed by atoms with E-state index in [9.17, 15) is 0 Å². The molecule has 6 nitrogen and oxygen atoms in total. The normalized spacial score (nSPS) is 10.4. The molecule has 3 rings (SSSR count). The number of rotatable bonds is 7. The predicted molar refractivity (Wildman–Crippen MR) is 94.6 cm³/mol. The summed E-state index contributed by atoms with van der Waals surface area (Å²) in [5, 5.41) is 7.54. The zero-order valence-electron chi connectivity index (χ0n) is 13.1. The van der Waals surface area contributed by atoms with Gasteiger partial charge in [0, 0.05) is 10.0 Å². The second-order valence-corrected chi connectivity index (χ2v) is 5.99. The van der Waals surface area contributed by atoms with Crippen molar-refractivity contribution < 1.29 is 9.47 Å². The lowest BCUT2D eigenvalue weighted by Gasteiger charge is -2.17. The molecule has 0 aliphatic carbocycles. The smallest absolute Gasteiger partial charge is 0.166 e. The van der Waals surface area contributed by atoms with E-state index in [1.807, 2.05) is 42.5 Å². The van der Waals surface area contributed by atoms with E-state index >= 15 is 0 Å². The second-order valence-electron chi connectivity index (χ2n) is 5.07. The molecular formula is C17H17BrN4O2. The third-order valence-electron chi connectivity index (χ3n) is 3.41. The molecule has 1 aromatic heterocycles. The molecule has 0 atom stereocenters. The first-order chi connectivity index (χ1) is 11.8. The van der Waals surface area contributed by atoms with Crippen molar-refractivity contribution in [2.75, 3.05) is 12.5 Å². The average molecular weight is 389 g/mol. The highest BCUT2D eigenvalue weighted by atomic mass is 79.9. The first-order valence-corrected chi connectivity index (χ1v) is 8.17. The maximum absolute atomic E-state index is 6.04. The van der Waals surface area contributed by atoms with E-state index in [1.165, 1.54) is 0 Å². The van der Waals surface area contributed by atoms with Gasteiger partial charge in [-0.3, -0.25) is 0 Å². The molecule has 0 spiro atoms. The number of nitrogens with one attached hydrogen (secondary N) is 1. The lowest BCUT2D eigenvalue weighted by molar-refractivity contribution is 0.281. The molecule has 0 bridgehead atoms. The largest absolute Gasteiger partial charge is 0.493 e. The van der Waals surface area contributed by atoms with Crippen molar-refractivity contribution in [2.24, 2.45) is 0 Å². The SMILES string of the molecule is COc1cc(Br)cc(CNn2cnnc2)c1OCc1ccccc1. The summed E-state index contributed by atoms with van der Waals surface area (Å²) in [5.74, 6) is 1.39. The molecule has 24 heavy (non-hydrogen) atoms. The van der Waals surface area contributed by atoms with Gasteiger partial charge >= 0.3 is 0 Å². The molecule has 0 unspecified atom stereocenters. The van der Waals surface area contributed by atoms with Gasteiger partial charge in [0.25, 0.3) is 0 Å². The molecule has 0 aliphatic rings. The molecule has 2 aromatic carbocycles. The van der Waals surface area contributed by atoms with Gasteiger partial charge in [-0.2, -0.15) is 0 Å². The Hall–Kier alpha value is -2.54. The Morgan fingerprint density at radius 1 is 1.12 bits per heavy atom. The van der Waals surface area contributed by atoms with Gasteiger partial charge < -0.3 is 14.9 Å². The minimum atomic E-state index is 0.471. The molecule has 124 valence electrons. The molecule has 0 saturated carbocycles. The molecule has 1 N–H and O–H groups in total. The molecule has 3 aromatic rings. The molecule has 0 aliphatic heterocycles. The molecule has 0 radical (unpaired) electrons. The van der Waals surface area contributed by atoms with E-state index in [4.69, 9.17) is 9.47 Å². The quantitative estimate of drug-likeness (QED) is 0.672. The van der Waals surface area contributed by atoms with Crippen LogP contribution in [0.5, 0.6) is 11.5 Å². The fraction of sp³-hybridized carbons (Fsp3) is 0.176. The van der Waals surface area contributed by atoms with Crippen molar-refractivity contribution in [1.29, 1.82) is 0 Å². The minimum Gasteiger partial charge on any atom is -0.493 e. The fourth-order valence-corrected chi connectivity index (χ4v) is 2.74. The number of hydrogen-bond donors (Lipinski definition) is 1. The van der Waals surface area contributed by atoms with Crippen LogP contribution in [0.4, 0.5) is 0 Å². The minimum absolute atomic E-state index is 0.471. The summed E-state index contributed by atoms with van der Waals surface area (Å²) < 4.78 is 14.1. The van der Waals surface area contributed by atoms with E-state index < -0.39 is 0 Å². The predicted octanol–water partition coefficient (Wildman–Crippen LogP) is 3.37. The van der Waals surface area contributed by atoms with Gasteiger partial charge in [-0.05, 0) is 17.7 Å². The van der Waals surface area contributed by atoms with Crippen LogP contribution in [0.25, 0.3) is 0 Å². The Balaban J connectivity index is 1.81. The number of halogens is 1. The van der Waals surface area contributed by atoms with Gasteiger partial charge in [-0.1, -0.05) is 46.3 Å². The summed E-state index contributed by atoms with van der Waals surface area (Å²) in [6, 6.07) is 13.9. The highest BCUT2D eigenvalue weighted by Crippen LogP contribution is 2.35. The summed E-state index contributed by atoms with van der Waals surface area (Å²) in [6.45, 7) is 1.01. The monoisotopic (exact) mass is 388 g/mol. The highest BCUT2D eigenvalue weighted by Gasteiger charge is 2.13. The van der Waals surface area contributed by atoms with Crippen LogP contribution in [0.1, 0.15) is 11.1 Å². The van der Waals surface area contributed by atoms with Gasteiger partial charge in [0.1, 0.15) is 19.3 Å². The maximum Gasteiger partial charge on any atom is 0.166 e. The first kappa shape index (κ1) is 16.3. The van der Waals surface area contributed by atoms with Gasteiger partial charge in [0.2, 0.25) is 0 Å². The van der Waals surface area contributed by atoms with Gasteiger partial charge in [0.05, 0.1) is 13.7 Å². The third kappa shape index (κ3) is 4.05. The number of methoxy groups -OCH3 is 1. The van der Waals surface area contributed by atoms with Crippen molar-refractivity contribution in [3.8, 4) is 11.5 Å². The Labute approximate surface area is 148 Å². The van der Waals surface area contributed by atoms with Gasteiger partial charge in [-0.25, -0.2) is 4.68 Å². The molecule has 7 heteroatoms. The van der Waals surface area contributed by atoms with E-state index in [1.54, 1.807) is 24.4 Å². The Kier molecular flexibility index (Phi) is 5.32. The van der Waals surface area contributed by atoms with Crippen LogP contribution in [-0.4, -0.2) is 22.0 Å². The van der Waals surface area contributed by atoms with Gasteiger partial charge in [-0.15, -0.1) is 10.2 Å². The number of benzene rings is 2. The van der Waals surface area contributed by atoms with Crippen molar-refractivity contribution >= 4 is 15.9 Å². The summed E-state index contributed by atoms with van der Waals surface area (Å²) in [5.41, 5.74) is 5.25. The van der Waals surface area contributed by atoms with Crippen LogP contribution < -0.4 is 14.9 Å². The fourth-order valence-electron chi connectivity index (χ4n) is 2.26. The lowest BCUT2D eigenvalue weighted by atomic mass is 10.2. The number of hydrogen-bond acceptors (Lipinski definition) is 5. The third-order valence-corrected chi connectivity index (χ3v) is 3.87. The molecule has 1 heterocycles. The average Bonchev–Trinajstić information content (AvgIpc) is 3.13. The summed E-state index contributed by atoms with van der Waals surface area (Å²) >= 11 is 3.51. The summed E-state index contributed by atoms with van der Waals surface area (Å²) in [4.78, 5) is 0. The Morgan fingerprint density at radius 3 is 2.58 bits per heavy atom. The maximum atomic E-state index is 6.04. The first-order valence-electron chi connectivity index (χ1n) is 7.38. The van der Waals surface area contributed by atoms with Crippen LogP contribution in [-0.2, 0) is 13.2 Å². The van der Waals surface area contributed by atoms with E-state index in [0.717, 1.165) is 15.6 Å². The van der Waals surface area contributed by atoms with Crippen molar-refractivity contribution in [3.63, 3.8) is 0 Å². The second kappa shape index (κ2) is 7.83. The van der Waals surface area contributed by atoms with E-state index in [-0.39, 0.29) is 0 Å². The lowest BCUT2D eigenvalue weighted by Crippen LogP contribution is -2.13. The van der Waals surface area contributed by atoms with Crippen molar-refractivity contribution in [3.05, 3.63) is 70.7 Å². The van der Waals surface area contributed by atoms with Crippen LogP contribution in [0.15, 0.2) is 59.6 Å². The zero-order valence-corrected chi connectivity index (χ0v) is 14.7. The van der Waals surface area contributed by atoms with Crippen LogP contribution in [0, 0.1) is 0 Å². The number of ether oxygens (including phenoxy) is 2. The molecular weight excluding hydrogens is 372 g/mol. The number of nitrogens with zero attached hydrogens (tertiary/aromatic N) is 3. The van der Waals surface area contributed by atoms with E-state index in [0.29, 0.717) is 24.7 Å². The number of aromatic nitrogens is 3. The summed E-state index contributed by atoms with van der Waals surface area (Å²) in [7, 11) is 1.63. The summed E-state index contributed by atoms with van der Waals surface area (Å²) in [6.07, 6.45) is 3.19. The Bertz CT molecular complexity index is 779. The standard InChI is InChI=1S/C17H17BrN4O2/c1-23-16-8-15(18)7-14(9-21-22-11-19-20-12-22)17(16)24-10-13-5-3-2-4-6-13/h2-8,11-12,21H,9-10H2,1H3.